The molecule has 0 saturated carbocycles. The van der Waals surface area contributed by atoms with E-state index in [0.717, 1.165) is 24.3 Å². The molecular formula is C32H38BrN3O6. The number of nitrogens with zero attached hydrogens (tertiary/aromatic N) is 3. The number of likely N-dealkylation sites (tertiary alicyclic amines) is 1. The number of hydrogen-bond acceptors (Lipinski definition) is 6. The molecule has 3 saturated heterocycles. The van der Waals surface area contributed by atoms with Gasteiger partial charge < -0.3 is 29.6 Å². The Hall–Kier alpha value is -3.21. The summed E-state index contributed by atoms with van der Waals surface area (Å²) in [7, 11) is 0. The van der Waals surface area contributed by atoms with Crippen molar-refractivity contribution in [2.24, 2.45) is 11.8 Å². The number of benzene rings is 2. The summed E-state index contributed by atoms with van der Waals surface area (Å²) in [6.07, 6.45) is 1.49. The number of amides is 2. The highest BCUT2D eigenvalue weighted by Gasteiger charge is 2.77. The van der Waals surface area contributed by atoms with E-state index >= 15 is 0 Å². The second-order valence-corrected chi connectivity index (χ2v) is 12.4. The predicted octanol–water partition coefficient (Wildman–Crippen LogP) is 3.49. The van der Waals surface area contributed by atoms with Crippen molar-refractivity contribution < 1.29 is 29.3 Å². The molecule has 3 heterocycles. The lowest BCUT2D eigenvalue weighted by molar-refractivity contribution is -0.150. The van der Waals surface area contributed by atoms with Gasteiger partial charge in [-0.15, -0.1) is 6.58 Å². The fourth-order valence-corrected chi connectivity index (χ4v) is 8.13. The van der Waals surface area contributed by atoms with Gasteiger partial charge in [-0.2, -0.15) is 0 Å². The molecule has 10 heteroatoms. The minimum Gasteiger partial charge on any atom is -0.481 e. The molecule has 2 amide bonds. The third kappa shape index (κ3) is 4.93. The van der Waals surface area contributed by atoms with E-state index in [9.17, 15) is 24.6 Å². The number of hydrogen-bond donors (Lipinski definition) is 2. The first-order valence-corrected chi connectivity index (χ1v) is 15.4. The Morgan fingerprint density at radius 3 is 2.36 bits per heavy atom. The van der Waals surface area contributed by atoms with Crippen LogP contribution in [0.4, 0.5) is 11.4 Å². The summed E-state index contributed by atoms with van der Waals surface area (Å²) < 4.78 is 6.44. The van der Waals surface area contributed by atoms with E-state index in [0.29, 0.717) is 18.5 Å². The summed E-state index contributed by atoms with van der Waals surface area (Å²) in [4.78, 5) is 46.4. The van der Waals surface area contributed by atoms with E-state index in [4.69, 9.17) is 4.74 Å². The molecule has 2 bridgehead atoms. The summed E-state index contributed by atoms with van der Waals surface area (Å²) in [5, 5.41) is 20.8. The molecule has 2 aromatic carbocycles. The maximum atomic E-state index is 14.8. The number of anilines is 2. The SMILES string of the molecule is C=CCN(C(=O)C1N([C@@H](CO)Cc2ccccc2)C(=O)[C@@H]2[C@@H](C(=O)O)[C@@H]3OC12CC3Br)c1ccc(N(CC)CC)cc1. The van der Waals surface area contributed by atoms with Gasteiger partial charge >= 0.3 is 5.97 Å². The van der Waals surface area contributed by atoms with E-state index in [-0.39, 0.29) is 17.3 Å². The number of fused-ring (bicyclic) bond motifs is 1. The van der Waals surface area contributed by atoms with Crippen molar-refractivity contribution in [3.8, 4) is 0 Å². The third-order valence-electron chi connectivity index (χ3n) is 9.03. The van der Waals surface area contributed by atoms with Crippen LogP contribution >= 0.6 is 15.9 Å². The number of aliphatic carboxylic acids is 1. The summed E-state index contributed by atoms with van der Waals surface area (Å²) in [5.74, 6) is -4.13. The number of halogens is 1. The first-order chi connectivity index (χ1) is 20.2. The Labute approximate surface area is 254 Å². The zero-order valence-corrected chi connectivity index (χ0v) is 25.5. The first-order valence-electron chi connectivity index (χ1n) is 14.5. The van der Waals surface area contributed by atoms with Crippen LogP contribution in [0, 0.1) is 11.8 Å². The minimum atomic E-state index is -1.35. The van der Waals surface area contributed by atoms with E-state index < -0.39 is 54.1 Å². The molecule has 3 aliphatic heterocycles. The Kier molecular flexibility index (Phi) is 8.78. The van der Waals surface area contributed by atoms with Gasteiger partial charge in [-0.3, -0.25) is 14.4 Å². The van der Waals surface area contributed by atoms with Crippen molar-refractivity contribution in [3.63, 3.8) is 0 Å². The third-order valence-corrected chi connectivity index (χ3v) is 9.88. The molecule has 3 unspecified atom stereocenters. The van der Waals surface area contributed by atoms with Gasteiger partial charge in [0.1, 0.15) is 11.6 Å². The normalized spacial score (nSPS) is 28.4. The molecule has 2 aromatic rings. The van der Waals surface area contributed by atoms with Gasteiger partial charge in [-0.25, -0.2) is 0 Å². The molecule has 5 rings (SSSR count). The molecule has 1 spiro atoms. The van der Waals surface area contributed by atoms with Crippen LogP contribution in [0.5, 0.6) is 0 Å². The Morgan fingerprint density at radius 2 is 1.79 bits per heavy atom. The van der Waals surface area contributed by atoms with Crippen LogP contribution in [0.1, 0.15) is 25.8 Å². The standard InChI is InChI=1S/C32H38BrN3O6/c1-4-16-35(22-14-12-21(13-15-22)34(5-2)6-3)30(39)28-32-18-24(33)27(42-32)25(31(40)41)26(32)29(38)36(28)23(19-37)17-20-10-8-7-9-11-20/h4,7-15,23-28,37H,1,5-6,16-19H2,2-3H3,(H,40,41)/t23-,24?,25-,26+,27-,28?,32?/m1/s1. The average Bonchev–Trinajstić information content (AvgIpc) is 3.59. The Balaban J connectivity index is 1.59. The van der Waals surface area contributed by atoms with Gasteiger partial charge in [0.05, 0.1) is 30.6 Å². The molecule has 9 nitrogen and oxygen atoms in total. The summed E-state index contributed by atoms with van der Waals surface area (Å²) in [6.45, 7) is 9.49. The van der Waals surface area contributed by atoms with Crippen LogP contribution in [0.25, 0.3) is 0 Å². The van der Waals surface area contributed by atoms with Crippen LogP contribution in [0.2, 0.25) is 0 Å². The molecule has 0 aromatic heterocycles. The summed E-state index contributed by atoms with van der Waals surface area (Å²) in [6, 6.07) is 15.2. The monoisotopic (exact) mass is 639 g/mol. The first kappa shape index (κ1) is 30.3. The number of carbonyl (C=O) groups is 3. The van der Waals surface area contributed by atoms with Crippen molar-refractivity contribution >= 4 is 45.1 Å². The molecule has 2 N–H and O–H groups in total. The fraction of sp³-hybridized carbons (Fsp3) is 0.469. The highest BCUT2D eigenvalue weighted by Crippen LogP contribution is 2.60. The highest BCUT2D eigenvalue weighted by atomic mass is 79.9. The largest absolute Gasteiger partial charge is 0.481 e. The van der Waals surface area contributed by atoms with Crippen molar-refractivity contribution in [2.75, 3.05) is 36.0 Å². The number of aliphatic hydroxyl groups excluding tert-OH is 1. The number of aliphatic hydroxyl groups is 1. The Morgan fingerprint density at radius 1 is 1.14 bits per heavy atom. The topological polar surface area (TPSA) is 111 Å². The van der Waals surface area contributed by atoms with Gasteiger partial charge in [0.15, 0.2) is 0 Å². The smallest absolute Gasteiger partial charge is 0.310 e. The van der Waals surface area contributed by atoms with Gasteiger partial charge in [0.25, 0.3) is 5.91 Å². The van der Waals surface area contributed by atoms with Crippen LogP contribution in [-0.2, 0) is 25.5 Å². The Bertz CT molecular complexity index is 1320. The molecule has 0 aliphatic carbocycles. The maximum absolute atomic E-state index is 14.8. The van der Waals surface area contributed by atoms with Crippen LogP contribution in [0.3, 0.4) is 0 Å². The summed E-state index contributed by atoms with van der Waals surface area (Å²) in [5.41, 5.74) is 1.20. The molecule has 0 radical (unpaired) electrons. The van der Waals surface area contributed by atoms with Gasteiger partial charge in [-0.1, -0.05) is 52.3 Å². The molecule has 224 valence electrons. The van der Waals surface area contributed by atoms with E-state index in [2.05, 4.69) is 41.3 Å². The van der Waals surface area contributed by atoms with E-state index in [1.165, 1.54) is 4.90 Å². The lowest BCUT2D eigenvalue weighted by Crippen LogP contribution is -2.59. The van der Waals surface area contributed by atoms with Crippen molar-refractivity contribution in [1.82, 2.24) is 4.90 Å². The van der Waals surface area contributed by atoms with Crippen LogP contribution in [-0.4, -0.2) is 87.8 Å². The molecule has 3 aliphatic rings. The molecule has 42 heavy (non-hydrogen) atoms. The number of ether oxygens (including phenoxy) is 1. The molecule has 3 fully saturated rings. The van der Waals surface area contributed by atoms with Crippen molar-refractivity contribution in [2.45, 2.75) is 55.3 Å². The zero-order valence-electron chi connectivity index (χ0n) is 23.9. The summed E-state index contributed by atoms with van der Waals surface area (Å²) >= 11 is 3.59. The maximum Gasteiger partial charge on any atom is 0.310 e. The van der Waals surface area contributed by atoms with Crippen molar-refractivity contribution in [3.05, 3.63) is 72.8 Å². The zero-order chi connectivity index (χ0) is 30.2. The lowest BCUT2D eigenvalue weighted by atomic mass is 9.70. The number of alkyl halides is 1. The minimum absolute atomic E-state index is 0.175. The van der Waals surface area contributed by atoms with Crippen molar-refractivity contribution in [1.29, 1.82) is 0 Å². The van der Waals surface area contributed by atoms with Crippen LogP contribution in [0.15, 0.2) is 67.3 Å². The van der Waals surface area contributed by atoms with E-state index in [1.54, 1.807) is 11.0 Å². The predicted molar refractivity (Wildman–Crippen MR) is 164 cm³/mol. The number of carboxylic acid groups (broad SMARTS) is 1. The lowest BCUT2D eigenvalue weighted by Gasteiger charge is -2.39. The number of rotatable bonds is 12. The van der Waals surface area contributed by atoms with Gasteiger partial charge in [0, 0.05) is 35.8 Å². The fourth-order valence-electron chi connectivity index (χ4n) is 7.19. The van der Waals surface area contributed by atoms with Gasteiger partial charge in [-0.05, 0) is 56.5 Å². The van der Waals surface area contributed by atoms with E-state index in [1.807, 2.05) is 54.6 Å². The number of carbonyl (C=O) groups excluding carboxylic acids is 2. The quantitative estimate of drug-likeness (QED) is 0.270. The van der Waals surface area contributed by atoms with Gasteiger partial charge in [0.2, 0.25) is 5.91 Å². The highest BCUT2D eigenvalue weighted by molar-refractivity contribution is 9.09. The molecular weight excluding hydrogens is 602 g/mol. The average molecular weight is 641 g/mol. The second-order valence-electron chi connectivity index (χ2n) is 11.2. The second kappa shape index (κ2) is 12.2. The van der Waals surface area contributed by atoms with Crippen LogP contribution < -0.4 is 9.80 Å². The molecule has 7 atom stereocenters. The number of carboxylic acids is 1.